The van der Waals surface area contributed by atoms with Crippen LogP contribution in [0.3, 0.4) is 0 Å². The Bertz CT molecular complexity index is 939. The van der Waals surface area contributed by atoms with E-state index >= 15 is 0 Å². The van der Waals surface area contributed by atoms with Crippen LogP contribution in [0.5, 0.6) is 0 Å². The van der Waals surface area contributed by atoms with Gasteiger partial charge < -0.3 is 19.1 Å². The number of benzene rings is 2. The summed E-state index contributed by atoms with van der Waals surface area (Å²) in [6.45, 7) is 1.82. The second-order valence-corrected chi connectivity index (χ2v) is 6.91. The molecule has 1 atom stereocenters. The Hall–Kier alpha value is -3.13. The van der Waals surface area contributed by atoms with Gasteiger partial charge in [-0.25, -0.2) is 4.79 Å². The summed E-state index contributed by atoms with van der Waals surface area (Å²) >= 11 is 3.40. The Balaban J connectivity index is 2.24. The fraction of sp³-hybridized carbons (Fsp3) is 0.227. The summed E-state index contributed by atoms with van der Waals surface area (Å²) in [6, 6.07) is 14.9. The van der Waals surface area contributed by atoms with Gasteiger partial charge in [0.2, 0.25) is 0 Å². The van der Waals surface area contributed by atoms with Crippen LogP contribution in [-0.4, -0.2) is 39.2 Å². The first-order valence-electron chi connectivity index (χ1n) is 8.98. The van der Waals surface area contributed by atoms with Crippen LogP contribution < -0.4 is 0 Å². The molecule has 0 saturated carbocycles. The van der Waals surface area contributed by atoms with E-state index in [0.29, 0.717) is 11.3 Å². The fourth-order valence-electron chi connectivity index (χ4n) is 2.64. The first-order chi connectivity index (χ1) is 14.5. The second-order valence-electron chi connectivity index (χ2n) is 5.99. The monoisotopic (exact) mass is 474 g/mol. The molecule has 0 amide bonds. The Morgan fingerprint density at radius 3 is 2.40 bits per heavy atom. The Morgan fingerprint density at radius 2 is 1.77 bits per heavy atom. The van der Waals surface area contributed by atoms with Crippen molar-refractivity contribution in [2.75, 3.05) is 21.3 Å². The van der Waals surface area contributed by atoms with Gasteiger partial charge in [-0.3, -0.25) is 0 Å². The molecule has 0 saturated heterocycles. The van der Waals surface area contributed by atoms with Crippen molar-refractivity contribution in [1.82, 2.24) is 0 Å². The quantitative estimate of drug-likeness (QED) is 0.172. The highest BCUT2D eigenvalue weighted by molar-refractivity contribution is 9.10. The van der Waals surface area contributed by atoms with Gasteiger partial charge in [0.1, 0.15) is 24.5 Å². The van der Waals surface area contributed by atoms with E-state index in [1.165, 1.54) is 33.8 Å². The maximum atomic E-state index is 12.2. The van der Waals surface area contributed by atoms with Gasteiger partial charge in [0.25, 0.3) is 0 Å². The molecule has 2 rings (SSSR count). The fourth-order valence-corrected chi connectivity index (χ4v) is 2.91. The highest BCUT2D eigenvalue weighted by Crippen LogP contribution is 2.28. The second kappa shape index (κ2) is 11.8. The van der Waals surface area contributed by atoms with Crippen molar-refractivity contribution >= 4 is 39.4 Å². The number of oxime groups is 2. The Labute approximate surface area is 184 Å². The molecule has 0 aliphatic rings. The van der Waals surface area contributed by atoms with Crippen LogP contribution in [0.15, 0.2) is 69.6 Å². The number of hydrogen-bond acceptors (Lipinski definition) is 7. The minimum absolute atomic E-state index is 0.284. The van der Waals surface area contributed by atoms with Gasteiger partial charge in [-0.15, -0.1) is 0 Å². The Kier molecular flexibility index (Phi) is 9.08. The van der Waals surface area contributed by atoms with Crippen molar-refractivity contribution in [3.63, 3.8) is 0 Å². The van der Waals surface area contributed by atoms with E-state index in [1.54, 1.807) is 6.07 Å². The van der Waals surface area contributed by atoms with Crippen molar-refractivity contribution in [3.05, 3.63) is 76.0 Å². The van der Waals surface area contributed by atoms with Gasteiger partial charge in [0.05, 0.1) is 26.7 Å². The summed E-state index contributed by atoms with van der Waals surface area (Å²) in [6.07, 6.45) is 2.35. The Morgan fingerprint density at radius 1 is 1.07 bits per heavy atom. The molecule has 0 radical (unpaired) electrons. The lowest BCUT2D eigenvalue weighted by molar-refractivity contribution is -0.133. The van der Waals surface area contributed by atoms with Crippen LogP contribution in [0.2, 0.25) is 0 Å². The molecule has 2 aromatic carbocycles. The maximum absolute atomic E-state index is 12.2. The zero-order valence-electron chi connectivity index (χ0n) is 17.2. The molecule has 7 nitrogen and oxygen atoms in total. The molecule has 0 bridgehead atoms. The third-order valence-electron chi connectivity index (χ3n) is 4.05. The van der Waals surface area contributed by atoms with E-state index in [1.807, 2.05) is 49.4 Å². The third-order valence-corrected chi connectivity index (χ3v) is 4.58. The molecule has 30 heavy (non-hydrogen) atoms. The lowest BCUT2D eigenvalue weighted by Gasteiger charge is -2.16. The number of carbonyl (C=O) groups is 1. The first-order valence-corrected chi connectivity index (χ1v) is 9.78. The molecular weight excluding hydrogens is 452 g/mol. The number of rotatable bonds is 9. The van der Waals surface area contributed by atoms with Crippen LogP contribution in [-0.2, 0) is 23.9 Å². The van der Waals surface area contributed by atoms with Gasteiger partial charge >= 0.3 is 5.97 Å². The normalized spacial score (nSPS) is 13.1. The van der Waals surface area contributed by atoms with Crippen LogP contribution in [0, 0.1) is 0 Å². The SMILES string of the molecule is COC=C(C(=O)OC)c1ccccc1C(C)ON=CC(=NOC)c1ccc(Br)cc1. The summed E-state index contributed by atoms with van der Waals surface area (Å²) in [5.41, 5.74) is 2.98. The number of halogens is 1. The molecule has 0 heterocycles. The van der Waals surface area contributed by atoms with Crippen LogP contribution >= 0.6 is 15.9 Å². The molecular formula is C22H23BrN2O5. The van der Waals surface area contributed by atoms with E-state index in [9.17, 15) is 4.79 Å². The summed E-state index contributed by atoms with van der Waals surface area (Å²) in [7, 11) is 4.24. The van der Waals surface area contributed by atoms with E-state index in [0.717, 1.165) is 15.6 Å². The van der Waals surface area contributed by atoms with Crippen molar-refractivity contribution in [1.29, 1.82) is 0 Å². The van der Waals surface area contributed by atoms with Crippen LogP contribution in [0.4, 0.5) is 0 Å². The first kappa shape index (κ1) is 23.2. The molecule has 0 fully saturated rings. The highest BCUT2D eigenvalue weighted by Gasteiger charge is 2.20. The summed E-state index contributed by atoms with van der Waals surface area (Å²) in [4.78, 5) is 22.7. The summed E-state index contributed by atoms with van der Waals surface area (Å²) < 4.78 is 10.9. The van der Waals surface area contributed by atoms with Gasteiger partial charge in [-0.2, -0.15) is 0 Å². The smallest absolute Gasteiger partial charge is 0.341 e. The molecule has 8 heteroatoms. The third kappa shape index (κ3) is 6.18. The van der Waals surface area contributed by atoms with E-state index in [2.05, 4.69) is 26.2 Å². The van der Waals surface area contributed by atoms with Crippen molar-refractivity contribution < 1.29 is 23.9 Å². The standard InChI is InChI=1S/C22H23BrN2O5/c1-15(18-7-5-6-8-19(18)20(14-27-2)22(26)28-3)30-24-13-21(25-29-4)16-9-11-17(23)12-10-16/h5-15H,1-4H3. The van der Waals surface area contributed by atoms with Crippen molar-refractivity contribution in [3.8, 4) is 0 Å². The van der Waals surface area contributed by atoms with Gasteiger partial charge in [0.15, 0.2) is 0 Å². The summed E-state index contributed by atoms with van der Waals surface area (Å²) in [5, 5.41) is 8.05. The zero-order valence-corrected chi connectivity index (χ0v) is 18.8. The number of nitrogens with zero attached hydrogens (tertiary/aromatic N) is 2. The van der Waals surface area contributed by atoms with Gasteiger partial charge in [-0.1, -0.05) is 62.6 Å². The van der Waals surface area contributed by atoms with E-state index < -0.39 is 12.1 Å². The maximum Gasteiger partial charge on any atom is 0.341 e. The van der Waals surface area contributed by atoms with Crippen LogP contribution in [0.1, 0.15) is 29.7 Å². The molecule has 158 valence electrons. The molecule has 1 unspecified atom stereocenters. The van der Waals surface area contributed by atoms with Crippen molar-refractivity contribution in [2.45, 2.75) is 13.0 Å². The molecule has 0 N–H and O–H groups in total. The number of hydrogen-bond donors (Lipinski definition) is 0. The van der Waals surface area contributed by atoms with Crippen molar-refractivity contribution in [2.24, 2.45) is 10.3 Å². The van der Waals surface area contributed by atoms with Gasteiger partial charge in [-0.05, 0) is 24.6 Å². The van der Waals surface area contributed by atoms with E-state index in [-0.39, 0.29) is 5.57 Å². The topological polar surface area (TPSA) is 78.7 Å². The molecule has 2 aromatic rings. The molecule has 0 aliphatic carbocycles. The average molecular weight is 475 g/mol. The predicted octanol–water partition coefficient (Wildman–Crippen LogP) is 4.72. The lowest BCUT2D eigenvalue weighted by atomic mass is 9.97. The molecule has 0 aliphatic heterocycles. The molecule has 0 spiro atoms. The summed E-state index contributed by atoms with van der Waals surface area (Å²) in [5.74, 6) is -0.509. The largest absolute Gasteiger partial charge is 0.503 e. The number of esters is 1. The minimum Gasteiger partial charge on any atom is -0.503 e. The highest BCUT2D eigenvalue weighted by atomic mass is 79.9. The van der Waals surface area contributed by atoms with Crippen LogP contribution in [0.25, 0.3) is 5.57 Å². The molecule has 0 aromatic heterocycles. The minimum atomic E-state index is -0.509. The zero-order chi connectivity index (χ0) is 21.9. The van der Waals surface area contributed by atoms with E-state index in [4.69, 9.17) is 19.1 Å². The van der Waals surface area contributed by atoms with Gasteiger partial charge in [0, 0.05) is 15.6 Å². The lowest BCUT2D eigenvalue weighted by Crippen LogP contribution is -2.09. The number of carbonyl (C=O) groups excluding carboxylic acids is 1. The predicted molar refractivity (Wildman–Crippen MR) is 119 cm³/mol. The number of ether oxygens (including phenoxy) is 2. The average Bonchev–Trinajstić information content (AvgIpc) is 2.77. The number of methoxy groups -OCH3 is 2.